The van der Waals surface area contributed by atoms with Crippen molar-refractivity contribution in [3.63, 3.8) is 0 Å². The molecule has 0 unspecified atom stereocenters. The quantitative estimate of drug-likeness (QED) is 0.878. The lowest BCUT2D eigenvalue weighted by Gasteiger charge is -2.02. The Morgan fingerprint density at radius 1 is 1.42 bits per heavy atom. The smallest absolute Gasteiger partial charge is 0.303 e. The number of nitrogens with zero attached hydrogens (tertiary/aromatic N) is 1. The molecule has 0 aliphatic heterocycles. The summed E-state index contributed by atoms with van der Waals surface area (Å²) in [5.74, 6) is -0.915. The number of halogens is 1. The van der Waals surface area contributed by atoms with Crippen LogP contribution in [0.4, 0.5) is 0 Å². The molecule has 0 amide bonds. The number of nitrogens with one attached hydrogen (secondary N) is 1. The normalized spacial score (nSPS) is 10.6. The highest BCUT2D eigenvalue weighted by Gasteiger charge is 2.08. The average molecular weight is 281 g/mol. The zero-order chi connectivity index (χ0) is 13.8. The summed E-state index contributed by atoms with van der Waals surface area (Å²) in [5, 5.41) is 12.1. The summed E-state index contributed by atoms with van der Waals surface area (Å²) in [6.45, 7) is 0.381. The van der Waals surface area contributed by atoms with Crippen LogP contribution in [0.3, 0.4) is 0 Å². The lowest BCUT2D eigenvalue weighted by atomic mass is 10.2. The second-order valence-corrected chi connectivity index (χ2v) is 4.65. The summed E-state index contributed by atoms with van der Waals surface area (Å²) in [6, 6.07) is 7.24. The van der Waals surface area contributed by atoms with Crippen LogP contribution in [0.1, 0.15) is 17.5 Å². The van der Waals surface area contributed by atoms with Crippen molar-refractivity contribution in [1.82, 2.24) is 9.78 Å². The predicted octanol–water partition coefficient (Wildman–Crippen LogP) is 1.90. The molecule has 1 aromatic heterocycles. The molecule has 0 fully saturated rings. The van der Waals surface area contributed by atoms with Crippen LogP contribution in [0.2, 0.25) is 5.02 Å². The Balaban J connectivity index is 2.14. The Morgan fingerprint density at radius 2 is 2.21 bits per heavy atom. The third kappa shape index (κ3) is 3.48. The Bertz CT molecular complexity index is 645. The van der Waals surface area contributed by atoms with Crippen molar-refractivity contribution in [3.8, 4) is 0 Å². The second-order valence-electron chi connectivity index (χ2n) is 4.21. The van der Waals surface area contributed by atoms with E-state index in [2.05, 4.69) is 5.10 Å². The molecule has 2 rings (SSSR count). The van der Waals surface area contributed by atoms with Crippen LogP contribution in [0, 0.1) is 0 Å². The third-order valence-corrected chi connectivity index (χ3v) is 2.99. The van der Waals surface area contributed by atoms with Gasteiger partial charge in [0.2, 0.25) is 0 Å². The van der Waals surface area contributed by atoms with E-state index in [1.807, 2.05) is 12.1 Å². The van der Waals surface area contributed by atoms with Crippen molar-refractivity contribution in [1.29, 1.82) is 0 Å². The lowest BCUT2D eigenvalue weighted by Crippen LogP contribution is -2.20. The van der Waals surface area contributed by atoms with Gasteiger partial charge in [-0.3, -0.25) is 9.59 Å². The molecular weight excluding hydrogens is 268 g/mol. The highest BCUT2D eigenvalue weighted by molar-refractivity contribution is 6.30. The fraction of sp³-hybridized carbons (Fsp3) is 0.231. The topological polar surface area (TPSA) is 75.1 Å². The molecule has 0 saturated carbocycles. The SMILES string of the molecule is O=C(O)CCc1c[nH]n(Cc2cccc(Cl)c2)c1=O. The Labute approximate surface area is 114 Å². The van der Waals surface area contributed by atoms with E-state index in [4.69, 9.17) is 16.7 Å². The number of rotatable bonds is 5. The molecule has 1 heterocycles. The number of carboxylic acids is 1. The van der Waals surface area contributed by atoms with Gasteiger partial charge < -0.3 is 10.2 Å². The molecule has 0 bridgehead atoms. The minimum absolute atomic E-state index is 0.0513. The van der Waals surface area contributed by atoms with E-state index in [1.165, 1.54) is 4.68 Å². The molecule has 2 N–H and O–H groups in total. The minimum Gasteiger partial charge on any atom is -0.481 e. The first kappa shape index (κ1) is 13.4. The third-order valence-electron chi connectivity index (χ3n) is 2.75. The van der Waals surface area contributed by atoms with Gasteiger partial charge in [-0.25, -0.2) is 4.68 Å². The maximum Gasteiger partial charge on any atom is 0.303 e. The van der Waals surface area contributed by atoms with Crippen molar-refractivity contribution < 1.29 is 9.90 Å². The number of aromatic nitrogens is 2. The van der Waals surface area contributed by atoms with E-state index in [9.17, 15) is 9.59 Å². The molecule has 0 radical (unpaired) electrons. The summed E-state index contributed by atoms with van der Waals surface area (Å²) in [7, 11) is 0. The first-order valence-corrected chi connectivity index (χ1v) is 6.17. The average Bonchev–Trinajstić information content (AvgIpc) is 2.68. The van der Waals surface area contributed by atoms with Crippen LogP contribution in [0.25, 0.3) is 0 Å². The first-order chi connectivity index (χ1) is 9.06. The Hall–Kier alpha value is -2.01. The lowest BCUT2D eigenvalue weighted by molar-refractivity contribution is -0.136. The van der Waals surface area contributed by atoms with Gasteiger partial charge in [0.05, 0.1) is 6.54 Å². The largest absolute Gasteiger partial charge is 0.481 e. The fourth-order valence-corrected chi connectivity index (χ4v) is 2.02. The van der Waals surface area contributed by atoms with E-state index in [1.54, 1.807) is 18.3 Å². The van der Waals surface area contributed by atoms with Crippen molar-refractivity contribution in [2.75, 3.05) is 0 Å². The number of aryl methyl sites for hydroxylation is 1. The highest BCUT2D eigenvalue weighted by Crippen LogP contribution is 2.11. The monoisotopic (exact) mass is 280 g/mol. The summed E-state index contributed by atoms with van der Waals surface area (Å²) in [5.41, 5.74) is 1.19. The van der Waals surface area contributed by atoms with Crippen molar-refractivity contribution >= 4 is 17.6 Å². The number of carbonyl (C=O) groups is 1. The Kier molecular flexibility index (Phi) is 4.06. The van der Waals surface area contributed by atoms with E-state index in [0.29, 0.717) is 17.1 Å². The Morgan fingerprint density at radius 3 is 2.89 bits per heavy atom. The fourth-order valence-electron chi connectivity index (χ4n) is 1.81. The van der Waals surface area contributed by atoms with Gasteiger partial charge in [0.15, 0.2) is 0 Å². The van der Waals surface area contributed by atoms with Crippen molar-refractivity contribution in [3.05, 3.63) is 57.0 Å². The van der Waals surface area contributed by atoms with Crippen LogP contribution < -0.4 is 5.56 Å². The number of hydrogen-bond donors (Lipinski definition) is 2. The molecule has 1 aromatic carbocycles. The highest BCUT2D eigenvalue weighted by atomic mass is 35.5. The van der Waals surface area contributed by atoms with Crippen molar-refractivity contribution in [2.45, 2.75) is 19.4 Å². The number of aromatic amines is 1. The molecule has 100 valence electrons. The van der Waals surface area contributed by atoms with Gasteiger partial charge in [-0.1, -0.05) is 23.7 Å². The first-order valence-electron chi connectivity index (χ1n) is 5.79. The molecule has 19 heavy (non-hydrogen) atoms. The summed E-state index contributed by atoms with van der Waals surface area (Å²) in [6.07, 6.45) is 1.73. The van der Waals surface area contributed by atoms with Gasteiger partial charge in [-0.15, -0.1) is 0 Å². The van der Waals surface area contributed by atoms with Crippen LogP contribution in [0.15, 0.2) is 35.3 Å². The number of H-pyrrole nitrogens is 1. The summed E-state index contributed by atoms with van der Waals surface area (Å²) in [4.78, 5) is 22.5. The van der Waals surface area contributed by atoms with Crippen molar-refractivity contribution in [2.24, 2.45) is 0 Å². The van der Waals surface area contributed by atoms with E-state index < -0.39 is 5.97 Å². The maximum atomic E-state index is 12.0. The second kappa shape index (κ2) is 5.75. The molecule has 0 atom stereocenters. The molecule has 0 aliphatic carbocycles. The number of hydrogen-bond acceptors (Lipinski definition) is 2. The number of benzene rings is 1. The maximum absolute atomic E-state index is 12.0. The van der Waals surface area contributed by atoms with Gasteiger partial charge in [0.1, 0.15) is 0 Å². The molecule has 0 aliphatic rings. The zero-order valence-corrected chi connectivity index (χ0v) is 10.9. The molecule has 0 spiro atoms. The summed E-state index contributed by atoms with van der Waals surface area (Å²) < 4.78 is 1.43. The van der Waals surface area contributed by atoms with E-state index in [-0.39, 0.29) is 18.4 Å². The standard InChI is InChI=1S/C13H13ClN2O3/c14-11-3-1-2-9(6-11)8-16-13(19)10(7-15-16)4-5-12(17)18/h1-3,6-7,15H,4-5,8H2,(H,17,18). The molecule has 5 nitrogen and oxygen atoms in total. The van der Waals surface area contributed by atoms with Crippen LogP contribution in [0.5, 0.6) is 0 Å². The minimum atomic E-state index is -0.915. The van der Waals surface area contributed by atoms with Gasteiger partial charge in [-0.05, 0) is 24.1 Å². The molecule has 2 aromatic rings. The van der Waals surface area contributed by atoms with Gasteiger partial charge in [0.25, 0.3) is 5.56 Å². The van der Waals surface area contributed by atoms with Crippen LogP contribution >= 0.6 is 11.6 Å². The van der Waals surface area contributed by atoms with Gasteiger partial charge in [-0.2, -0.15) is 0 Å². The molecular formula is C13H13ClN2O3. The van der Waals surface area contributed by atoms with Gasteiger partial charge >= 0.3 is 5.97 Å². The zero-order valence-electron chi connectivity index (χ0n) is 10.1. The van der Waals surface area contributed by atoms with Gasteiger partial charge in [0, 0.05) is 23.2 Å². The van der Waals surface area contributed by atoms with E-state index >= 15 is 0 Å². The number of carboxylic acid groups (broad SMARTS) is 1. The van der Waals surface area contributed by atoms with Crippen LogP contribution in [-0.4, -0.2) is 20.9 Å². The van der Waals surface area contributed by atoms with Crippen LogP contribution in [-0.2, 0) is 17.8 Å². The van der Waals surface area contributed by atoms with E-state index in [0.717, 1.165) is 5.56 Å². The summed E-state index contributed by atoms with van der Waals surface area (Å²) >= 11 is 5.88. The molecule has 0 saturated heterocycles. The molecule has 6 heteroatoms. The predicted molar refractivity (Wildman–Crippen MR) is 71.6 cm³/mol. The number of aliphatic carboxylic acids is 1.